The zero-order valence-electron chi connectivity index (χ0n) is 16.3. The normalized spacial score (nSPS) is 12.5. The molecule has 0 unspecified atom stereocenters. The molecule has 2 heterocycles. The Morgan fingerprint density at radius 3 is 2.17 bits per heavy atom. The van der Waals surface area contributed by atoms with E-state index in [1.54, 1.807) is 0 Å². The summed E-state index contributed by atoms with van der Waals surface area (Å²) in [6, 6.07) is 10.5. The second-order valence-corrected chi connectivity index (χ2v) is 7.88. The molecule has 154 valence electrons. The van der Waals surface area contributed by atoms with Crippen molar-refractivity contribution in [2.75, 3.05) is 0 Å². The highest BCUT2D eigenvalue weighted by molar-refractivity contribution is 5.77. The summed E-state index contributed by atoms with van der Waals surface area (Å²) in [7, 11) is 0. The Hall–Kier alpha value is -3.49. The van der Waals surface area contributed by atoms with Crippen LogP contribution >= 0.6 is 0 Å². The molecule has 0 radical (unpaired) electrons. The topological polar surface area (TPSA) is 84.7 Å². The summed E-state index contributed by atoms with van der Waals surface area (Å²) in [5.41, 5.74) is 0.187. The SMILES string of the molecule is CC(C)(C)c1ccc(-c2nnc(-c3nc4ccc(C(F)(F)F)cc4[nH]c3=O)o2)cc1. The van der Waals surface area contributed by atoms with Crippen molar-refractivity contribution in [1.82, 2.24) is 20.2 Å². The van der Waals surface area contributed by atoms with Gasteiger partial charge in [-0.25, -0.2) is 4.98 Å². The van der Waals surface area contributed by atoms with Gasteiger partial charge in [0, 0.05) is 5.56 Å². The quantitative estimate of drug-likeness (QED) is 0.501. The predicted molar refractivity (Wildman–Crippen MR) is 105 cm³/mol. The van der Waals surface area contributed by atoms with Crippen LogP contribution in [0.5, 0.6) is 0 Å². The maximum absolute atomic E-state index is 12.9. The Labute approximate surface area is 168 Å². The number of H-pyrrole nitrogens is 1. The van der Waals surface area contributed by atoms with Crippen molar-refractivity contribution in [3.05, 3.63) is 63.9 Å². The summed E-state index contributed by atoms with van der Waals surface area (Å²) < 4.78 is 44.2. The lowest BCUT2D eigenvalue weighted by Gasteiger charge is -2.18. The van der Waals surface area contributed by atoms with Gasteiger partial charge in [-0.3, -0.25) is 4.79 Å². The second-order valence-electron chi connectivity index (χ2n) is 7.88. The largest absolute Gasteiger partial charge is 0.416 e. The summed E-state index contributed by atoms with van der Waals surface area (Å²) in [6.45, 7) is 6.30. The Balaban J connectivity index is 1.71. The third kappa shape index (κ3) is 3.70. The molecule has 2 aromatic carbocycles. The smallest absolute Gasteiger partial charge is 0.414 e. The van der Waals surface area contributed by atoms with Gasteiger partial charge in [0.1, 0.15) is 0 Å². The molecule has 6 nitrogen and oxygen atoms in total. The molecule has 30 heavy (non-hydrogen) atoms. The fourth-order valence-electron chi connectivity index (χ4n) is 2.96. The number of halogens is 3. The maximum atomic E-state index is 12.9. The molecule has 9 heteroatoms. The summed E-state index contributed by atoms with van der Waals surface area (Å²) in [4.78, 5) is 18.9. The number of alkyl halides is 3. The fourth-order valence-corrected chi connectivity index (χ4v) is 2.96. The molecule has 1 N–H and O–H groups in total. The fraction of sp³-hybridized carbons (Fsp3) is 0.238. The maximum Gasteiger partial charge on any atom is 0.416 e. The number of nitrogens with one attached hydrogen (secondary N) is 1. The molecule has 4 aromatic rings. The molecule has 2 aromatic heterocycles. The van der Waals surface area contributed by atoms with Crippen LogP contribution in [0.2, 0.25) is 0 Å². The Kier molecular flexibility index (Phi) is 4.48. The minimum Gasteiger partial charge on any atom is -0.414 e. The number of fused-ring (bicyclic) bond motifs is 1. The molecule has 0 bridgehead atoms. The van der Waals surface area contributed by atoms with E-state index in [4.69, 9.17) is 4.42 Å². The highest BCUT2D eigenvalue weighted by Gasteiger charge is 2.30. The lowest BCUT2D eigenvalue weighted by Crippen LogP contribution is -2.13. The first kappa shape index (κ1) is 19.8. The Morgan fingerprint density at radius 2 is 1.53 bits per heavy atom. The van der Waals surface area contributed by atoms with Crippen LogP contribution in [0.1, 0.15) is 31.9 Å². The molecule has 0 aliphatic rings. The predicted octanol–water partition coefficient (Wildman–Crippen LogP) is 4.96. The van der Waals surface area contributed by atoms with E-state index in [0.717, 1.165) is 17.7 Å². The standard InChI is InChI=1S/C21H17F3N4O2/c1-20(2,3)12-6-4-11(5-7-12)18-27-28-19(30-18)16-17(29)26-15-10-13(21(22,23)24)8-9-14(15)25-16/h4-10H,1-3H3,(H,26,29). The van der Waals surface area contributed by atoms with Crippen molar-refractivity contribution in [3.8, 4) is 23.0 Å². The van der Waals surface area contributed by atoms with Gasteiger partial charge in [-0.05, 0) is 41.3 Å². The third-order valence-corrected chi connectivity index (χ3v) is 4.64. The van der Waals surface area contributed by atoms with E-state index >= 15 is 0 Å². The molecule has 0 fully saturated rings. The lowest BCUT2D eigenvalue weighted by molar-refractivity contribution is -0.137. The van der Waals surface area contributed by atoms with Gasteiger partial charge in [0.2, 0.25) is 5.89 Å². The number of rotatable bonds is 2. The van der Waals surface area contributed by atoms with Crippen LogP contribution in [0.25, 0.3) is 34.1 Å². The van der Waals surface area contributed by atoms with Gasteiger partial charge in [0.05, 0.1) is 16.6 Å². The molecule has 0 aliphatic carbocycles. The third-order valence-electron chi connectivity index (χ3n) is 4.64. The molecule has 0 saturated heterocycles. The van der Waals surface area contributed by atoms with Crippen LogP contribution < -0.4 is 5.56 Å². The zero-order chi connectivity index (χ0) is 21.7. The van der Waals surface area contributed by atoms with E-state index in [-0.39, 0.29) is 33.9 Å². The number of benzene rings is 2. The van der Waals surface area contributed by atoms with E-state index in [1.165, 1.54) is 6.07 Å². The van der Waals surface area contributed by atoms with Gasteiger partial charge in [-0.1, -0.05) is 32.9 Å². The molecular formula is C21H17F3N4O2. The number of aromatic nitrogens is 4. The summed E-state index contributed by atoms with van der Waals surface area (Å²) in [6.07, 6.45) is -4.52. The van der Waals surface area contributed by atoms with Gasteiger partial charge in [0.15, 0.2) is 5.69 Å². The van der Waals surface area contributed by atoms with Gasteiger partial charge in [-0.15, -0.1) is 10.2 Å². The second kappa shape index (κ2) is 6.79. The van der Waals surface area contributed by atoms with Crippen molar-refractivity contribution in [3.63, 3.8) is 0 Å². The molecule has 0 amide bonds. The van der Waals surface area contributed by atoms with E-state index in [2.05, 4.69) is 40.9 Å². The van der Waals surface area contributed by atoms with Crippen molar-refractivity contribution < 1.29 is 17.6 Å². The minimum atomic E-state index is -4.52. The Bertz CT molecular complexity index is 1280. The van der Waals surface area contributed by atoms with Gasteiger partial charge < -0.3 is 9.40 Å². The number of aromatic amines is 1. The average Bonchev–Trinajstić information content (AvgIpc) is 3.15. The van der Waals surface area contributed by atoms with E-state index in [9.17, 15) is 18.0 Å². The van der Waals surface area contributed by atoms with Gasteiger partial charge >= 0.3 is 6.18 Å². The minimum absolute atomic E-state index is 0.00712. The van der Waals surface area contributed by atoms with Crippen LogP contribution in [0.15, 0.2) is 51.7 Å². The highest BCUT2D eigenvalue weighted by atomic mass is 19.4. The summed E-state index contributed by atoms with van der Waals surface area (Å²) in [5, 5.41) is 7.84. The zero-order valence-corrected chi connectivity index (χ0v) is 16.3. The van der Waals surface area contributed by atoms with E-state index in [1.807, 2.05) is 24.3 Å². The van der Waals surface area contributed by atoms with E-state index < -0.39 is 17.3 Å². The van der Waals surface area contributed by atoms with Gasteiger partial charge in [-0.2, -0.15) is 13.2 Å². The highest BCUT2D eigenvalue weighted by Crippen LogP contribution is 2.31. The van der Waals surface area contributed by atoms with Crippen LogP contribution in [0, 0.1) is 0 Å². The van der Waals surface area contributed by atoms with Crippen molar-refractivity contribution in [1.29, 1.82) is 0 Å². The number of hydrogen-bond donors (Lipinski definition) is 1. The van der Waals surface area contributed by atoms with Crippen LogP contribution in [0.3, 0.4) is 0 Å². The van der Waals surface area contributed by atoms with Crippen molar-refractivity contribution in [2.45, 2.75) is 32.4 Å². The van der Waals surface area contributed by atoms with E-state index in [0.29, 0.717) is 5.56 Å². The lowest BCUT2D eigenvalue weighted by atomic mass is 9.87. The van der Waals surface area contributed by atoms with Crippen LogP contribution in [0.4, 0.5) is 13.2 Å². The Morgan fingerprint density at radius 1 is 0.900 bits per heavy atom. The number of hydrogen-bond acceptors (Lipinski definition) is 5. The first-order valence-corrected chi connectivity index (χ1v) is 9.08. The molecule has 4 rings (SSSR count). The van der Waals surface area contributed by atoms with Crippen molar-refractivity contribution in [2.24, 2.45) is 0 Å². The molecular weight excluding hydrogens is 397 g/mol. The summed E-state index contributed by atoms with van der Waals surface area (Å²) in [5.74, 6) is 0.0899. The summed E-state index contributed by atoms with van der Waals surface area (Å²) >= 11 is 0. The molecule has 0 saturated carbocycles. The molecule has 0 aliphatic heterocycles. The van der Waals surface area contributed by atoms with Crippen LogP contribution in [-0.2, 0) is 11.6 Å². The van der Waals surface area contributed by atoms with Crippen molar-refractivity contribution >= 4 is 11.0 Å². The first-order valence-electron chi connectivity index (χ1n) is 9.08. The molecule has 0 spiro atoms. The molecule has 0 atom stereocenters. The number of nitrogens with zero attached hydrogens (tertiary/aromatic N) is 3. The average molecular weight is 414 g/mol. The van der Waals surface area contributed by atoms with Gasteiger partial charge in [0.25, 0.3) is 11.4 Å². The first-order chi connectivity index (χ1) is 14.0. The monoisotopic (exact) mass is 414 g/mol. The van der Waals surface area contributed by atoms with Crippen LogP contribution in [-0.4, -0.2) is 20.2 Å².